The summed E-state index contributed by atoms with van der Waals surface area (Å²) in [7, 11) is 1.34. The molecule has 0 unspecified atom stereocenters. The lowest BCUT2D eigenvalue weighted by atomic mass is 9.95. The summed E-state index contributed by atoms with van der Waals surface area (Å²) in [6.45, 7) is 3.45. The van der Waals surface area contributed by atoms with Crippen molar-refractivity contribution in [3.05, 3.63) is 72.1 Å². The van der Waals surface area contributed by atoms with Crippen LogP contribution in [0.15, 0.2) is 60.9 Å². The normalized spacial score (nSPS) is 13.9. The highest BCUT2D eigenvalue weighted by molar-refractivity contribution is 5.94. The molecule has 0 spiro atoms. The number of carbonyl (C=O) groups excluding carboxylic acids is 2. The van der Waals surface area contributed by atoms with Gasteiger partial charge >= 0.3 is 5.97 Å². The molecule has 1 aliphatic rings. The maximum absolute atomic E-state index is 12.8. The number of nitrogens with zero attached hydrogens (tertiary/aromatic N) is 3. The molecule has 0 bridgehead atoms. The summed E-state index contributed by atoms with van der Waals surface area (Å²) in [6.07, 6.45) is 5.61. The number of anilines is 2. The molecular weight excluding hydrogens is 432 g/mol. The molecule has 1 fully saturated rings. The first-order valence-corrected chi connectivity index (χ1v) is 11.4. The molecule has 34 heavy (non-hydrogen) atoms. The standard InChI is InChI=1S/C26H28N4O4/c1-3-18-4-10-22(11-5-18)34-25-23(27-14-15-28-25)30-16-12-19(13-17-30)24(31)29-21-8-6-20(7-9-21)26(32)33-2/h4-11,14-15,19H,3,12-13,16-17H2,1-2H3,(H,29,31). The number of methoxy groups -OCH3 is 1. The van der Waals surface area contributed by atoms with Crippen LogP contribution in [0.3, 0.4) is 0 Å². The van der Waals surface area contributed by atoms with Crippen molar-refractivity contribution < 1.29 is 19.1 Å². The lowest BCUT2D eigenvalue weighted by Gasteiger charge is -2.32. The van der Waals surface area contributed by atoms with Crippen LogP contribution in [-0.4, -0.2) is 42.0 Å². The number of hydrogen-bond acceptors (Lipinski definition) is 7. The number of aryl methyl sites for hydroxylation is 1. The number of rotatable bonds is 7. The van der Waals surface area contributed by atoms with E-state index in [9.17, 15) is 9.59 Å². The van der Waals surface area contributed by atoms with E-state index in [1.807, 2.05) is 24.3 Å². The van der Waals surface area contributed by atoms with Gasteiger partial charge in [0.1, 0.15) is 5.75 Å². The van der Waals surface area contributed by atoms with Crippen LogP contribution in [0, 0.1) is 5.92 Å². The Bertz CT molecular complexity index is 1120. The van der Waals surface area contributed by atoms with E-state index in [2.05, 4.69) is 27.1 Å². The first-order chi connectivity index (χ1) is 16.6. The van der Waals surface area contributed by atoms with E-state index in [0.29, 0.717) is 54.6 Å². The Morgan fingerprint density at radius 1 is 1.00 bits per heavy atom. The maximum atomic E-state index is 12.8. The van der Waals surface area contributed by atoms with Crippen molar-refractivity contribution in [2.75, 3.05) is 30.4 Å². The Kier molecular flexibility index (Phi) is 7.37. The van der Waals surface area contributed by atoms with Gasteiger partial charge in [-0.1, -0.05) is 19.1 Å². The molecule has 1 N–H and O–H groups in total. The molecule has 8 heteroatoms. The average Bonchev–Trinajstić information content (AvgIpc) is 2.89. The second-order valence-corrected chi connectivity index (χ2v) is 8.10. The molecule has 0 aliphatic carbocycles. The van der Waals surface area contributed by atoms with Gasteiger partial charge in [-0.25, -0.2) is 14.8 Å². The molecule has 1 aromatic heterocycles. The van der Waals surface area contributed by atoms with Crippen LogP contribution in [0.5, 0.6) is 11.6 Å². The number of piperidine rings is 1. The van der Waals surface area contributed by atoms with Crippen LogP contribution in [0.2, 0.25) is 0 Å². The van der Waals surface area contributed by atoms with Crippen LogP contribution < -0.4 is 15.0 Å². The molecule has 0 saturated carbocycles. The second kappa shape index (κ2) is 10.8. The number of amides is 1. The van der Waals surface area contributed by atoms with Gasteiger partial charge < -0.3 is 19.7 Å². The molecule has 2 heterocycles. The van der Waals surface area contributed by atoms with Crippen molar-refractivity contribution in [2.24, 2.45) is 5.92 Å². The zero-order valence-corrected chi connectivity index (χ0v) is 19.4. The summed E-state index contributed by atoms with van der Waals surface area (Å²) in [5.74, 6) is 1.30. The summed E-state index contributed by atoms with van der Waals surface area (Å²) >= 11 is 0. The highest BCUT2D eigenvalue weighted by atomic mass is 16.5. The molecule has 0 atom stereocenters. The summed E-state index contributed by atoms with van der Waals surface area (Å²) < 4.78 is 10.7. The average molecular weight is 461 g/mol. The van der Waals surface area contributed by atoms with E-state index in [0.717, 1.165) is 6.42 Å². The van der Waals surface area contributed by atoms with E-state index in [4.69, 9.17) is 9.47 Å². The van der Waals surface area contributed by atoms with Gasteiger partial charge in [-0.3, -0.25) is 4.79 Å². The summed E-state index contributed by atoms with van der Waals surface area (Å²) in [6, 6.07) is 14.6. The van der Waals surface area contributed by atoms with Crippen molar-refractivity contribution in [1.82, 2.24) is 9.97 Å². The van der Waals surface area contributed by atoms with E-state index in [1.165, 1.54) is 12.7 Å². The highest BCUT2D eigenvalue weighted by Crippen LogP contribution is 2.31. The molecule has 1 aliphatic heterocycles. The number of esters is 1. The van der Waals surface area contributed by atoms with Gasteiger partial charge in [-0.2, -0.15) is 0 Å². The molecule has 8 nitrogen and oxygen atoms in total. The van der Waals surface area contributed by atoms with E-state index < -0.39 is 5.97 Å². The van der Waals surface area contributed by atoms with Crippen molar-refractivity contribution in [3.63, 3.8) is 0 Å². The fraction of sp³-hybridized carbons (Fsp3) is 0.308. The minimum absolute atomic E-state index is 0.0305. The molecule has 1 saturated heterocycles. The van der Waals surface area contributed by atoms with Gasteiger partial charge in [0.25, 0.3) is 5.88 Å². The van der Waals surface area contributed by atoms with E-state index in [-0.39, 0.29) is 11.8 Å². The largest absolute Gasteiger partial charge is 0.465 e. The van der Waals surface area contributed by atoms with Gasteiger partial charge in [-0.05, 0) is 61.2 Å². The van der Waals surface area contributed by atoms with Gasteiger partial charge in [0.15, 0.2) is 5.82 Å². The van der Waals surface area contributed by atoms with Crippen molar-refractivity contribution in [2.45, 2.75) is 26.2 Å². The predicted octanol–water partition coefficient (Wildman–Crippen LogP) is 4.47. The fourth-order valence-corrected chi connectivity index (χ4v) is 3.92. The lowest BCUT2D eigenvalue weighted by molar-refractivity contribution is -0.120. The number of benzene rings is 2. The third kappa shape index (κ3) is 5.51. The van der Waals surface area contributed by atoms with E-state index >= 15 is 0 Å². The van der Waals surface area contributed by atoms with Crippen molar-refractivity contribution >= 4 is 23.4 Å². The molecule has 2 aromatic carbocycles. The minimum Gasteiger partial charge on any atom is -0.465 e. The van der Waals surface area contributed by atoms with Gasteiger partial charge in [0, 0.05) is 37.1 Å². The molecule has 0 radical (unpaired) electrons. The number of aromatic nitrogens is 2. The van der Waals surface area contributed by atoms with Crippen LogP contribution in [0.4, 0.5) is 11.5 Å². The maximum Gasteiger partial charge on any atom is 0.337 e. The molecule has 176 valence electrons. The first-order valence-electron chi connectivity index (χ1n) is 11.4. The third-order valence-corrected chi connectivity index (χ3v) is 5.93. The SMILES string of the molecule is CCc1ccc(Oc2nccnc2N2CCC(C(=O)Nc3ccc(C(=O)OC)cc3)CC2)cc1. The smallest absolute Gasteiger partial charge is 0.337 e. The van der Waals surface area contributed by atoms with E-state index in [1.54, 1.807) is 36.7 Å². The Labute approximate surface area is 198 Å². The zero-order valence-electron chi connectivity index (χ0n) is 19.4. The minimum atomic E-state index is -0.407. The number of ether oxygens (including phenoxy) is 2. The Morgan fingerprint density at radius 2 is 1.68 bits per heavy atom. The quantitative estimate of drug-likeness (QED) is 0.520. The van der Waals surface area contributed by atoms with Crippen molar-refractivity contribution in [3.8, 4) is 11.6 Å². The molecule has 3 aromatic rings. The summed E-state index contributed by atoms with van der Waals surface area (Å²) in [5, 5.41) is 2.94. The Morgan fingerprint density at radius 3 is 2.32 bits per heavy atom. The molecular formula is C26H28N4O4. The van der Waals surface area contributed by atoms with Gasteiger partial charge in [-0.15, -0.1) is 0 Å². The second-order valence-electron chi connectivity index (χ2n) is 8.10. The van der Waals surface area contributed by atoms with Crippen LogP contribution >= 0.6 is 0 Å². The Balaban J connectivity index is 1.35. The fourth-order valence-electron chi connectivity index (χ4n) is 3.92. The predicted molar refractivity (Wildman–Crippen MR) is 129 cm³/mol. The summed E-state index contributed by atoms with van der Waals surface area (Å²) in [4.78, 5) is 35.3. The Hall–Kier alpha value is -3.94. The molecule has 4 rings (SSSR count). The molecule has 1 amide bonds. The zero-order chi connectivity index (χ0) is 23.9. The van der Waals surface area contributed by atoms with Crippen LogP contribution in [0.1, 0.15) is 35.7 Å². The number of carbonyl (C=O) groups is 2. The number of hydrogen-bond donors (Lipinski definition) is 1. The highest BCUT2D eigenvalue weighted by Gasteiger charge is 2.27. The van der Waals surface area contributed by atoms with Crippen LogP contribution in [0.25, 0.3) is 0 Å². The lowest BCUT2D eigenvalue weighted by Crippen LogP contribution is -2.38. The monoisotopic (exact) mass is 460 g/mol. The first kappa shape index (κ1) is 23.2. The third-order valence-electron chi connectivity index (χ3n) is 5.93. The van der Waals surface area contributed by atoms with Gasteiger partial charge in [0.2, 0.25) is 5.91 Å². The van der Waals surface area contributed by atoms with Crippen molar-refractivity contribution in [1.29, 1.82) is 0 Å². The number of nitrogens with one attached hydrogen (secondary N) is 1. The summed E-state index contributed by atoms with van der Waals surface area (Å²) in [5.41, 5.74) is 2.34. The van der Waals surface area contributed by atoms with Gasteiger partial charge in [0.05, 0.1) is 12.7 Å². The van der Waals surface area contributed by atoms with Crippen LogP contribution in [-0.2, 0) is 16.0 Å². The topological polar surface area (TPSA) is 93.7 Å².